The van der Waals surface area contributed by atoms with Crippen molar-refractivity contribution in [2.24, 2.45) is 0 Å². The van der Waals surface area contributed by atoms with Crippen LogP contribution in [0.1, 0.15) is 30.0 Å². The van der Waals surface area contributed by atoms with Gasteiger partial charge in [0, 0.05) is 12.4 Å². The molecule has 0 saturated carbocycles. The van der Waals surface area contributed by atoms with Gasteiger partial charge in [-0.15, -0.1) is 0 Å². The van der Waals surface area contributed by atoms with E-state index in [9.17, 15) is 4.79 Å². The molecule has 2 N–H and O–H groups in total. The number of H-pyrrole nitrogens is 1. The molecule has 0 saturated heterocycles. The summed E-state index contributed by atoms with van der Waals surface area (Å²) >= 11 is 0. The molecule has 0 aliphatic heterocycles. The SMILES string of the molecule is Cc1cccn2c(CC(=O)N[C@H](C)c3nc4ccccc4[nH]3)cnc12. The van der Waals surface area contributed by atoms with Crippen LogP contribution in [0.4, 0.5) is 0 Å². The van der Waals surface area contributed by atoms with Crippen molar-refractivity contribution in [3.8, 4) is 0 Å². The number of aromatic nitrogens is 4. The van der Waals surface area contributed by atoms with E-state index in [-0.39, 0.29) is 18.4 Å². The fourth-order valence-electron chi connectivity index (χ4n) is 3.04. The first kappa shape index (κ1) is 15.4. The van der Waals surface area contributed by atoms with Crippen LogP contribution < -0.4 is 5.32 Å². The molecule has 0 unspecified atom stereocenters. The molecule has 25 heavy (non-hydrogen) atoms. The molecule has 126 valence electrons. The maximum atomic E-state index is 12.4. The van der Waals surface area contributed by atoms with Crippen LogP contribution in [0.3, 0.4) is 0 Å². The Hall–Kier alpha value is -3.15. The Bertz CT molecular complexity index is 1030. The predicted molar refractivity (Wildman–Crippen MR) is 96.3 cm³/mol. The van der Waals surface area contributed by atoms with Crippen molar-refractivity contribution in [1.29, 1.82) is 0 Å². The third-order valence-electron chi connectivity index (χ3n) is 4.34. The molecule has 1 amide bonds. The van der Waals surface area contributed by atoms with Crippen LogP contribution in [0.15, 0.2) is 48.8 Å². The van der Waals surface area contributed by atoms with E-state index in [4.69, 9.17) is 0 Å². The molecule has 0 aliphatic carbocycles. The van der Waals surface area contributed by atoms with Gasteiger partial charge in [0.05, 0.1) is 29.2 Å². The highest BCUT2D eigenvalue weighted by molar-refractivity contribution is 5.79. The number of hydrogen-bond acceptors (Lipinski definition) is 3. The third-order valence-corrected chi connectivity index (χ3v) is 4.34. The van der Waals surface area contributed by atoms with Gasteiger partial charge in [-0.3, -0.25) is 4.79 Å². The van der Waals surface area contributed by atoms with Gasteiger partial charge in [-0.1, -0.05) is 18.2 Å². The lowest BCUT2D eigenvalue weighted by Crippen LogP contribution is -2.29. The van der Waals surface area contributed by atoms with Crippen LogP contribution in [-0.2, 0) is 11.2 Å². The second-order valence-electron chi connectivity index (χ2n) is 6.24. The molecule has 1 atom stereocenters. The summed E-state index contributed by atoms with van der Waals surface area (Å²) in [6, 6.07) is 11.6. The number of benzene rings is 1. The van der Waals surface area contributed by atoms with Gasteiger partial charge in [0.1, 0.15) is 11.5 Å². The Morgan fingerprint density at radius 1 is 1.28 bits per heavy atom. The van der Waals surface area contributed by atoms with Crippen molar-refractivity contribution in [3.63, 3.8) is 0 Å². The molecular formula is C19H19N5O. The number of fused-ring (bicyclic) bond motifs is 2. The summed E-state index contributed by atoms with van der Waals surface area (Å²) in [6.45, 7) is 3.93. The summed E-state index contributed by atoms with van der Waals surface area (Å²) in [5.74, 6) is 0.694. The number of rotatable bonds is 4. The van der Waals surface area contributed by atoms with Gasteiger partial charge in [0.2, 0.25) is 5.91 Å². The molecule has 6 heteroatoms. The number of aromatic amines is 1. The first-order valence-corrected chi connectivity index (χ1v) is 8.27. The number of nitrogens with zero attached hydrogens (tertiary/aromatic N) is 3. The van der Waals surface area contributed by atoms with Gasteiger partial charge in [0.25, 0.3) is 0 Å². The lowest BCUT2D eigenvalue weighted by Gasteiger charge is -2.11. The van der Waals surface area contributed by atoms with Crippen LogP contribution in [0.25, 0.3) is 16.7 Å². The fraction of sp³-hybridized carbons (Fsp3) is 0.211. The molecule has 0 fully saturated rings. The smallest absolute Gasteiger partial charge is 0.226 e. The van der Waals surface area contributed by atoms with E-state index in [1.807, 2.05) is 60.8 Å². The average Bonchev–Trinajstić information content (AvgIpc) is 3.20. The van der Waals surface area contributed by atoms with Crippen molar-refractivity contribution >= 4 is 22.6 Å². The first-order chi connectivity index (χ1) is 12.1. The molecule has 1 aromatic carbocycles. The zero-order chi connectivity index (χ0) is 17.4. The van der Waals surface area contributed by atoms with Crippen LogP contribution in [-0.4, -0.2) is 25.3 Å². The van der Waals surface area contributed by atoms with Gasteiger partial charge in [0.15, 0.2) is 0 Å². The minimum atomic E-state index is -0.194. The Morgan fingerprint density at radius 3 is 2.96 bits per heavy atom. The maximum Gasteiger partial charge on any atom is 0.226 e. The van der Waals surface area contributed by atoms with E-state index in [1.54, 1.807) is 6.20 Å². The number of carbonyl (C=O) groups excluding carboxylic acids is 1. The van der Waals surface area contributed by atoms with Crippen LogP contribution >= 0.6 is 0 Å². The Balaban J connectivity index is 1.50. The number of hydrogen-bond donors (Lipinski definition) is 2. The standard InChI is InChI=1S/C19H19N5O/c1-12-6-5-9-24-14(11-20-19(12)24)10-17(25)21-13(2)18-22-15-7-3-4-8-16(15)23-18/h3-9,11,13H,10H2,1-2H3,(H,21,25)(H,22,23)/t13-/m1/s1. The number of aryl methyl sites for hydroxylation is 1. The van der Waals surface area contributed by atoms with E-state index in [2.05, 4.69) is 20.3 Å². The normalized spacial score (nSPS) is 12.6. The summed E-state index contributed by atoms with van der Waals surface area (Å²) in [5.41, 5.74) is 4.71. The van der Waals surface area contributed by atoms with Gasteiger partial charge in [-0.2, -0.15) is 0 Å². The Morgan fingerprint density at radius 2 is 2.12 bits per heavy atom. The van der Waals surface area contributed by atoms with Crippen LogP contribution in [0.2, 0.25) is 0 Å². The van der Waals surface area contributed by atoms with Gasteiger partial charge < -0.3 is 14.7 Å². The van der Waals surface area contributed by atoms with Crippen molar-refractivity contribution < 1.29 is 4.79 Å². The zero-order valence-corrected chi connectivity index (χ0v) is 14.2. The van der Waals surface area contributed by atoms with E-state index in [0.29, 0.717) is 0 Å². The van der Waals surface area contributed by atoms with E-state index in [0.717, 1.165) is 33.8 Å². The zero-order valence-electron chi connectivity index (χ0n) is 14.2. The van der Waals surface area contributed by atoms with Gasteiger partial charge in [-0.25, -0.2) is 9.97 Å². The molecule has 0 spiro atoms. The number of amides is 1. The molecule has 6 nitrogen and oxygen atoms in total. The number of pyridine rings is 1. The van der Waals surface area contributed by atoms with Crippen molar-refractivity contribution in [3.05, 3.63) is 65.9 Å². The quantitative estimate of drug-likeness (QED) is 0.603. The predicted octanol–water partition coefficient (Wildman–Crippen LogP) is 2.94. The molecule has 4 aromatic rings. The molecule has 3 heterocycles. The summed E-state index contributed by atoms with van der Waals surface area (Å²) < 4.78 is 1.96. The monoisotopic (exact) mass is 333 g/mol. The van der Waals surface area contributed by atoms with E-state index < -0.39 is 0 Å². The lowest BCUT2D eigenvalue weighted by atomic mass is 10.2. The number of carbonyl (C=O) groups is 1. The van der Waals surface area contributed by atoms with Gasteiger partial charge in [-0.05, 0) is 37.6 Å². The Labute approximate surface area is 144 Å². The van der Waals surface area contributed by atoms with Crippen LogP contribution in [0, 0.1) is 6.92 Å². The molecule has 0 aliphatic rings. The van der Waals surface area contributed by atoms with Crippen LogP contribution in [0.5, 0.6) is 0 Å². The molecular weight excluding hydrogens is 314 g/mol. The number of para-hydroxylation sites is 2. The number of nitrogens with one attached hydrogen (secondary N) is 2. The average molecular weight is 333 g/mol. The van der Waals surface area contributed by atoms with E-state index in [1.165, 1.54) is 0 Å². The second kappa shape index (κ2) is 6.05. The summed E-state index contributed by atoms with van der Waals surface area (Å²) in [5, 5.41) is 3.00. The number of imidazole rings is 2. The topological polar surface area (TPSA) is 75.1 Å². The minimum absolute atomic E-state index is 0.0590. The lowest BCUT2D eigenvalue weighted by molar-refractivity contribution is -0.121. The highest BCUT2D eigenvalue weighted by Crippen LogP contribution is 2.16. The first-order valence-electron chi connectivity index (χ1n) is 8.27. The molecule has 0 radical (unpaired) electrons. The van der Waals surface area contributed by atoms with Gasteiger partial charge >= 0.3 is 0 Å². The van der Waals surface area contributed by atoms with Crippen molar-refractivity contribution in [2.45, 2.75) is 26.3 Å². The highest BCUT2D eigenvalue weighted by Gasteiger charge is 2.15. The minimum Gasteiger partial charge on any atom is -0.346 e. The molecule has 3 aromatic heterocycles. The summed E-state index contributed by atoms with van der Waals surface area (Å²) in [6.07, 6.45) is 3.96. The fourth-order valence-corrected chi connectivity index (χ4v) is 3.04. The molecule has 4 rings (SSSR count). The Kier molecular flexibility index (Phi) is 3.72. The summed E-state index contributed by atoms with van der Waals surface area (Å²) in [7, 11) is 0. The largest absolute Gasteiger partial charge is 0.346 e. The molecule has 0 bridgehead atoms. The highest BCUT2D eigenvalue weighted by atomic mass is 16.1. The van der Waals surface area contributed by atoms with Crippen molar-refractivity contribution in [2.75, 3.05) is 0 Å². The third kappa shape index (κ3) is 2.87. The second-order valence-corrected chi connectivity index (χ2v) is 6.24. The van der Waals surface area contributed by atoms with E-state index >= 15 is 0 Å². The van der Waals surface area contributed by atoms with Crippen molar-refractivity contribution in [1.82, 2.24) is 24.7 Å². The summed E-state index contributed by atoms with van der Waals surface area (Å²) in [4.78, 5) is 24.6. The maximum absolute atomic E-state index is 12.4.